The molecule has 2 aliphatic heterocycles. The van der Waals surface area contributed by atoms with E-state index in [-0.39, 0.29) is 17.7 Å². The van der Waals surface area contributed by atoms with Crippen LogP contribution in [0.1, 0.15) is 44.6 Å². The second kappa shape index (κ2) is 13.2. The summed E-state index contributed by atoms with van der Waals surface area (Å²) in [5.74, 6) is 0.181. The molecule has 0 bridgehead atoms. The zero-order valence-electron chi connectivity index (χ0n) is 21.4. The quantitative estimate of drug-likeness (QED) is 0.502. The van der Waals surface area contributed by atoms with E-state index in [1.165, 1.54) is 5.56 Å². The van der Waals surface area contributed by atoms with Crippen molar-refractivity contribution in [2.45, 2.75) is 51.6 Å². The Balaban J connectivity index is 1.25. The first-order valence-electron chi connectivity index (χ1n) is 13.3. The minimum Gasteiger partial charge on any atom is -0.343 e. The number of benzene rings is 2. The van der Waals surface area contributed by atoms with Crippen molar-refractivity contribution in [3.05, 3.63) is 65.2 Å². The van der Waals surface area contributed by atoms with Gasteiger partial charge in [0.1, 0.15) is 0 Å². The Bertz CT molecular complexity index is 986. The summed E-state index contributed by atoms with van der Waals surface area (Å²) < 4.78 is 0. The first kappa shape index (κ1) is 26.6. The molecule has 2 heterocycles. The molecule has 0 spiro atoms. The SMILES string of the molecule is CC(=O)N1CCC(C(=O)N(CCCNC2CCN(Cc3ccccc3)CC2)c2cccc(Cl)c2)CC1. The van der Waals surface area contributed by atoms with Crippen molar-refractivity contribution in [2.24, 2.45) is 5.92 Å². The number of nitrogens with zero attached hydrogens (tertiary/aromatic N) is 3. The van der Waals surface area contributed by atoms with E-state index in [1.54, 1.807) is 6.92 Å². The highest BCUT2D eigenvalue weighted by Gasteiger charge is 2.30. The van der Waals surface area contributed by atoms with E-state index in [1.807, 2.05) is 34.1 Å². The third-order valence-corrected chi connectivity index (χ3v) is 7.74. The van der Waals surface area contributed by atoms with Crippen LogP contribution < -0.4 is 10.2 Å². The lowest BCUT2D eigenvalue weighted by atomic mass is 9.94. The summed E-state index contributed by atoms with van der Waals surface area (Å²) in [7, 11) is 0. The number of piperidine rings is 2. The highest BCUT2D eigenvalue weighted by molar-refractivity contribution is 6.30. The van der Waals surface area contributed by atoms with Gasteiger partial charge in [-0.15, -0.1) is 0 Å². The fourth-order valence-corrected chi connectivity index (χ4v) is 5.54. The van der Waals surface area contributed by atoms with Gasteiger partial charge in [0.15, 0.2) is 0 Å². The average molecular weight is 511 g/mol. The molecule has 2 aromatic rings. The van der Waals surface area contributed by atoms with Crippen LogP contribution in [0, 0.1) is 5.92 Å². The Morgan fingerprint density at radius 3 is 2.36 bits per heavy atom. The molecule has 7 heteroatoms. The minimum atomic E-state index is -0.0542. The molecule has 2 saturated heterocycles. The smallest absolute Gasteiger partial charge is 0.230 e. The van der Waals surface area contributed by atoms with E-state index in [9.17, 15) is 9.59 Å². The van der Waals surface area contributed by atoms with Crippen LogP contribution in [0.2, 0.25) is 5.02 Å². The maximum atomic E-state index is 13.5. The summed E-state index contributed by atoms with van der Waals surface area (Å²) in [4.78, 5) is 31.5. The number of anilines is 1. The van der Waals surface area contributed by atoms with Crippen LogP contribution in [-0.2, 0) is 16.1 Å². The Kier molecular flexibility index (Phi) is 9.79. The molecule has 36 heavy (non-hydrogen) atoms. The van der Waals surface area contributed by atoms with Gasteiger partial charge in [-0.1, -0.05) is 48.0 Å². The zero-order valence-corrected chi connectivity index (χ0v) is 22.1. The van der Waals surface area contributed by atoms with E-state index < -0.39 is 0 Å². The molecule has 0 unspecified atom stereocenters. The molecule has 0 radical (unpaired) electrons. The first-order valence-corrected chi connectivity index (χ1v) is 13.7. The van der Waals surface area contributed by atoms with Crippen LogP contribution in [0.4, 0.5) is 5.69 Å². The van der Waals surface area contributed by atoms with Gasteiger partial charge in [-0.2, -0.15) is 0 Å². The van der Waals surface area contributed by atoms with E-state index in [0.717, 1.165) is 64.0 Å². The van der Waals surface area contributed by atoms with Gasteiger partial charge in [-0.25, -0.2) is 0 Å². The lowest BCUT2D eigenvalue weighted by molar-refractivity contribution is -0.133. The Morgan fingerprint density at radius 1 is 0.972 bits per heavy atom. The number of halogens is 1. The lowest BCUT2D eigenvalue weighted by Gasteiger charge is -2.34. The molecule has 194 valence electrons. The molecule has 2 aliphatic rings. The number of amides is 2. The van der Waals surface area contributed by atoms with Gasteiger partial charge in [-0.3, -0.25) is 14.5 Å². The summed E-state index contributed by atoms with van der Waals surface area (Å²) in [5.41, 5.74) is 2.23. The van der Waals surface area contributed by atoms with Crippen molar-refractivity contribution in [1.29, 1.82) is 0 Å². The molecule has 1 N–H and O–H groups in total. The van der Waals surface area contributed by atoms with Crippen molar-refractivity contribution in [1.82, 2.24) is 15.1 Å². The highest BCUT2D eigenvalue weighted by Crippen LogP contribution is 2.26. The topological polar surface area (TPSA) is 55.9 Å². The molecule has 2 amide bonds. The van der Waals surface area contributed by atoms with Gasteiger partial charge >= 0.3 is 0 Å². The standard InChI is InChI=1S/C29H39ClN4O2/c1-23(35)33-19-11-25(12-20-33)29(36)34(28-10-5-9-26(30)21-28)16-6-15-31-27-13-17-32(18-14-27)22-24-7-3-2-4-8-24/h2-5,7-10,21,25,27,31H,6,11-20,22H2,1H3. The predicted molar refractivity (Wildman–Crippen MR) is 146 cm³/mol. The fraction of sp³-hybridized carbons (Fsp3) is 0.517. The predicted octanol–water partition coefficient (Wildman–Crippen LogP) is 4.58. The molecule has 0 aromatic heterocycles. The van der Waals surface area contributed by atoms with Gasteiger partial charge in [0.2, 0.25) is 11.8 Å². The molecular weight excluding hydrogens is 472 g/mol. The monoisotopic (exact) mass is 510 g/mol. The second-order valence-corrected chi connectivity index (χ2v) is 10.5. The third kappa shape index (κ3) is 7.55. The highest BCUT2D eigenvalue weighted by atomic mass is 35.5. The number of hydrogen-bond acceptors (Lipinski definition) is 4. The lowest BCUT2D eigenvalue weighted by Crippen LogP contribution is -2.45. The van der Waals surface area contributed by atoms with E-state index in [2.05, 4.69) is 40.5 Å². The number of carbonyl (C=O) groups excluding carboxylic acids is 2. The Labute approximate surface area is 220 Å². The van der Waals surface area contributed by atoms with Crippen LogP contribution in [-0.4, -0.2) is 66.9 Å². The van der Waals surface area contributed by atoms with Crippen LogP contribution in [0.5, 0.6) is 0 Å². The molecule has 0 atom stereocenters. The molecular formula is C29H39ClN4O2. The summed E-state index contributed by atoms with van der Waals surface area (Å²) in [6.07, 6.45) is 4.62. The van der Waals surface area contributed by atoms with Crippen LogP contribution >= 0.6 is 11.6 Å². The number of carbonyl (C=O) groups is 2. The molecule has 0 saturated carbocycles. The van der Waals surface area contributed by atoms with Crippen molar-refractivity contribution in [3.8, 4) is 0 Å². The van der Waals surface area contributed by atoms with Gasteiger partial charge in [0, 0.05) is 55.8 Å². The third-order valence-electron chi connectivity index (χ3n) is 7.50. The fourth-order valence-electron chi connectivity index (χ4n) is 5.35. The normalized spacial score (nSPS) is 17.8. The van der Waals surface area contributed by atoms with Crippen LogP contribution in [0.15, 0.2) is 54.6 Å². The second-order valence-electron chi connectivity index (χ2n) is 10.1. The number of nitrogens with one attached hydrogen (secondary N) is 1. The largest absolute Gasteiger partial charge is 0.343 e. The van der Waals surface area contributed by atoms with E-state index >= 15 is 0 Å². The molecule has 4 rings (SSSR count). The van der Waals surface area contributed by atoms with Crippen molar-refractivity contribution >= 4 is 29.1 Å². The summed E-state index contributed by atoms with van der Waals surface area (Å²) in [6.45, 7) is 7.69. The van der Waals surface area contributed by atoms with E-state index in [4.69, 9.17) is 11.6 Å². The number of rotatable bonds is 9. The number of hydrogen-bond donors (Lipinski definition) is 1. The maximum absolute atomic E-state index is 13.5. The molecule has 2 aromatic carbocycles. The zero-order chi connectivity index (χ0) is 25.3. The number of likely N-dealkylation sites (tertiary alicyclic amines) is 2. The summed E-state index contributed by atoms with van der Waals surface area (Å²) in [6, 6.07) is 18.8. The van der Waals surface area contributed by atoms with Crippen LogP contribution in [0.3, 0.4) is 0 Å². The summed E-state index contributed by atoms with van der Waals surface area (Å²) >= 11 is 6.26. The molecule has 2 fully saturated rings. The van der Waals surface area contributed by atoms with Gasteiger partial charge in [0.25, 0.3) is 0 Å². The van der Waals surface area contributed by atoms with Crippen molar-refractivity contribution in [3.63, 3.8) is 0 Å². The minimum absolute atomic E-state index is 0.0542. The van der Waals surface area contributed by atoms with Crippen molar-refractivity contribution in [2.75, 3.05) is 44.2 Å². The van der Waals surface area contributed by atoms with Gasteiger partial charge < -0.3 is 15.1 Å². The summed E-state index contributed by atoms with van der Waals surface area (Å²) in [5, 5.41) is 4.36. The van der Waals surface area contributed by atoms with Crippen molar-refractivity contribution < 1.29 is 9.59 Å². The van der Waals surface area contributed by atoms with E-state index in [0.29, 0.717) is 30.7 Å². The molecule has 6 nitrogen and oxygen atoms in total. The Morgan fingerprint density at radius 2 is 1.69 bits per heavy atom. The maximum Gasteiger partial charge on any atom is 0.230 e. The first-order chi connectivity index (χ1) is 17.5. The van der Waals surface area contributed by atoms with Gasteiger partial charge in [0.05, 0.1) is 0 Å². The van der Waals surface area contributed by atoms with Gasteiger partial charge in [-0.05, 0) is 75.5 Å². The van der Waals surface area contributed by atoms with Crippen LogP contribution in [0.25, 0.3) is 0 Å². The molecule has 0 aliphatic carbocycles. The Hall–Kier alpha value is -2.41. The average Bonchev–Trinajstić information content (AvgIpc) is 2.90.